The van der Waals surface area contributed by atoms with Gasteiger partial charge in [0.25, 0.3) is 0 Å². The van der Waals surface area contributed by atoms with E-state index in [0.29, 0.717) is 36.7 Å². The molecule has 0 spiro atoms. The molecule has 1 amide bonds. The zero-order chi connectivity index (χ0) is 15.3. The quantitative estimate of drug-likeness (QED) is 0.813. The van der Waals surface area contributed by atoms with Crippen LogP contribution >= 0.6 is 0 Å². The second kappa shape index (κ2) is 6.92. The lowest BCUT2D eigenvalue weighted by Crippen LogP contribution is -2.33. The second-order valence-corrected chi connectivity index (χ2v) is 6.58. The Morgan fingerprint density at radius 2 is 2.10 bits per heavy atom. The molecule has 21 heavy (non-hydrogen) atoms. The fourth-order valence-electron chi connectivity index (χ4n) is 2.81. The number of nitrogens with one attached hydrogen (secondary N) is 1. The number of rotatable bonds is 6. The first-order valence-corrected chi connectivity index (χ1v) is 7.62. The predicted molar refractivity (Wildman–Crippen MR) is 80.7 cm³/mol. The summed E-state index contributed by atoms with van der Waals surface area (Å²) in [4.78, 5) is 11.8. The van der Waals surface area contributed by atoms with E-state index in [9.17, 15) is 9.18 Å². The van der Waals surface area contributed by atoms with E-state index in [1.54, 1.807) is 12.1 Å². The lowest BCUT2D eigenvalue weighted by atomic mass is 9.92. The van der Waals surface area contributed by atoms with Crippen LogP contribution in [0.15, 0.2) is 24.3 Å². The summed E-state index contributed by atoms with van der Waals surface area (Å²) in [5.74, 6) is 0.455. The maximum Gasteiger partial charge on any atom is 0.220 e. The summed E-state index contributed by atoms with van der Waals surface area (Å²) in [6, 6.07) is 6.24. The van der Waals surface area contributed by atoms with Crippen molar-refractivity contribution in [2.45, 2.75) is 52.0 Å². The highest BCUT2D eigenvalue weighted by Crippen LogP contribution is 2.36. The number of amides is 1. The van der Waals surface area contributed by atoms with E-state index in [0.717, 1.165) is 12.8 Å². The molecule has 0 saturated heterocycles. The van der Waals surface area contributed by atoms with Crippen LogP contribution in [0.2, 0.25) is 0 Å². The SMILES string of the molecule is CC1(C)CCC(NC(=O)CCCOc2ccc(F)cc2)C1. The van der Waals surface area contributed by atoms with Crippen molar-refractivity contribution in [3.63, 3.8) is 0 Å². The molecule has 0 aromatic heterocycles. The van der Waals surface area contributed by atoms with Gasteiger partial charge in [0.1, 0.15) is 11.6 Å². The van der Waals surface area contributed by atoms with Crippen molar-refractivity contribution in [2.75, 3.05) is 6.61 Å². The maximum absolute atomic E-state index is 12.7. The predicted octanol–water partition coefficient (Wildman–Crippen LogP) is 3.68. The van der Waals surface area contributed by atoms with Gasteiger partial charge in [-0.25, -0.2) is 4.39 Å². The van der Waals surface area contributed by atoms with Gasteiger partial charge >= 0.3 is 0 Å². The first-order valence-electron chi connectivity index (χ1n) is 7.62. The molecule has 1 fully saturated rings. The van der Waals surface area contributed by atoms with Crippen LogP contribution in [-0.4, -0.2) is 18.6 Å². The minimum atomic E-state index is -0.277. The van der Waals surface area contributed by atoms with Crippen molar-refractivity contribution in [3.05, 3.63) is 30.1 Å². The first kappa shape index (κ1) is 15.8. The van der Waals surface area contributed by atoms with Gasteiger partial charge in [0.2, 0.25) is 5.91 Å². The van der Waals surface area contributed by atoms with Crippen LogP contribution in [-0.2, 0) is 4.79 Å². The Kier molecular flexibility index (Phi) is 5.21. The zero-order valence-electron chi connectivity index (χ0n) is 12.8. The van der Waals surface area contributed by atoms with Crippen LogP contribution < -0.4 is 10.1 Å². The molecule has 0 radical (unpaired) electrons. The molecule has 0 aliphatic heterocycles. The molecule has 1 aromatic carbocycles. The van der Waals surface area contributed by atoms with E-state index in [4.69, 9.17) is 4.74 Å². The third-order valence-electron chi connectivity index (χ3n) is 3.96. The highest BCUT2D eigenvalue weighted by atomic mass is 19.1. The highest BCUT2D eigenvalue weighted by molar-refractivity contribution is 5.76. The first-order chi connectivity index (χ1) is 9.94. The summed E-state index contributed by atoms with van der Waals surface area (Å²) < 4.78 is 18.2. The average molecular weight is 293 g/mol. The fraction of sp³-hybridized carbons (Fsp3) is 0.588. The largest absolute Gasteiger partial charge is 0.494 e. The molecule has 1 aromatic rings. The van der Waals surface area contributed by atoms with Gasteiger partial charge in [-0.05, 0) is 55.4 Å². The van der Waals surface area contributed by atoms with Crippen LogP contribution in [0.3, 0.4) is 0 Å². The van der Waals surface area contributed by atoms with Gasteiger partial charge in [-0.1, -0.05) is 13.8 Å². The summed E-state index contributed by atoms with van der Waals surface area (Å²) in [7, 11) is 0. The monoisotopic (exact) mass is 293 g/mol. The van der Waals surface area contributed by atoms with Gasteiger partial charge in [-0.2, -0.15) is 0 Å². The molecule has 1 unspecified atom stereocenters. The van der Waals surface area contributed by atoms with Gasteiger partial charge in [-0.3, -0.25) is 4.79 Å². The molecule has 1 aliphatic carbocycles. The third kappa shape index (κ3) is 5.37. The highest BCUT2D eigenvalue weighted by Gasteiger charge is 2.31. The molecule has 116 valence electrons. The molecule has 1 N–H and O–H groups in total. The Bertz CT molecular complexity index is 470. The van der Waals surface area contributed by atoms with Gasteiger partial charge in [0, 0.05) is 12.5 Å². The van der Waals surface area contributed by atoms with Crippen molar-refractivity contribution >= 4 is 5.91 Å². The molecule has 3 nitrogen and oxygen atoms in total. The Morgan fingerprint density at radius 1 is 1.38 bits per heavy atom. The molecule has 2 rings (SSSR count). The summed E-state index contributed by atoms with van der Waals surface area (Å²) in [5, 5.41) is 3.10. The van der Waals surface area contributed by atoms with Crippen molar-refractivity contribution in [3.8, 4) is 5.75 Å². The van der Waals surface area contributed by atoms with Gasteiger partial charge < -0.3 is 10.1 Å². The summed E-state index contributed by atoms with van der Waals surface area (Å²) in [5.41, 5.74) is 0.351. The van der Waals surface area contributed by atoms with E-state index in [1.807, 2.05) is 0 Å². The Hall–Kier alpha value is -1.58. The van der Waals surface area contributed by atoms with Crippen molar-refractivity contribution in [1.82, 2.24) is 5.32 Å². The third-order valence-corrected chi connectivity index (χ3v) is 3.96. The molecular formula is C17H24FNO2. The number of carbonyl (C=O) groups is 1. The summed E-state index contributed by atoms with van der Waals surface area (Å²) >= 11 is 0. The minimum Gasteiger partial charge on any atom is -0.494 e. The minimum absolute atomic E-state index is 0.0976. The summed E-state index contributed by atoms with van der Waals surface area (Å²) in [6.07, 6.45) is 4.44. The van der Waals surface area contributed by atoms with Crippen molar-refractivity contribution in [2.24, 2.45) is 5.41 Å². The average Bonchev–Trinajstić information content (AvgIpc) is 2.76. The zero-order valence-corrected chi connectivity index (χ0v) is 12.8. The van der Waals surface area contributed by atoms with Crippen LogP contribution in [0, 0.1) is 11.2 Å². The lowest BCUT2D eigenvalue weighted by Gasteiger charge is -2.17. The molecule has 0 heterocycles. The molecule has 1 saturated carbocycles. The van der Waals surface area contributed by atoms with E-state index in [-0.39, 0.29) is 11.7 Å². The molecule has 0 bridgehead atoms. The van der Waals surface area contributed by atoms with Crippen LogP contribution in [0.5, 0.6) is 5.75 Å². The smallest absolute Gasteiger partial charge is 0.220 e. The van der Waals surface area contributed by atoms with Gasteiger partial charge in [0.15, 0.2) is 0 Å². The number of benzene rings is 1. The number of hydrogen-bond acceptors (Lipinski definition) is 2. The van der Waals surface area contributed by atoms with Crippen molar-refractivity contribution in [1.29, 1.82) is 0 Å². The standard InChI is InChI=1S/C17H24FNO2/c1-17(2)10-9-14(12-17)19-16(20)4-3-11-21-15-7-5-13(18)6-8-15/h5-8,14H,3-4,9-12H2,1-2H3,(H,19,20). The molecule has 1 atom stereocenters. The molecular weight excluding hydrogens is 269 g/mol. The number of halogens is 1. The topological polar surface area (TPSA) is 38.3 Å². The van der Waals surface area contributed by atoms with E-state index >= 15 is 0 Å². The van der Waals surface area contributed by atoms with E-state index in [1.165, 1.54) is 18.6 Å². The normalized spacial score (nSPS) is 20.2. The Morgan fingerprint density at radius 3 is 2.71 bits per heavy atom. The van der Waals surface area contributed by atoms with Gasteiger partial charge in [-0.15, -0.1) is 0 Å². The Labute approximate surface area is 125 Å². The Balaban J connectivity index is 1.60. The van der Waals surface area contributed by atoms with Crippen LogP contribution in [0.1, 0.15) is 46.0 Å². The molecule has 1 aliphatic rings. The van der Waals surface area contributed by atoms with Crippen molar-refractivity contribution < 1.29 is 13.9 Å². The maximum atomic E-state index is 12.7. The fourth-order valence-corrected chi connectivity index (χ4v) is 2.81. The number of hydrogen-bond donors (Lipinski definition) is 1. The number of ether oxygens (including phenoxy) is 1. The van der Waals surface area contributed by atoms with E-state index in [2.05, 4.69) is 19.2 Å². The van der Waals surface area contributed by atoms with Crippen LogP contribution in [0.25, 0.3) is 0 Å². The van der Waals surface area contributed by atoms with E-state index < -0.39 is 0 Å². The second-order valence-electron chi connectivity index (χ2n) is 6.58. The lowest BCUT2D eigenvalue weighted by molar-refractivity contribution is -0.122. The number of carbonyl (C=O) groups excluding carboxylic acids is 1. The van der Waals surface area contributed by atoms with Gasteiger partial charge in [0.05, 0.1) is 6.61 Å². The molecule has 4 heteroatoms. The summed E-state index contributed by atoms with van der Waals surface area (Å²) in [6.45, 7) is 4.96. The van der Waals surface area contributed by atoms with Crippen LogP contribution in [0.4, 0.5) is 4.39 Å².